The van der Waals surface area contributed by atoms with Crippen LogP contribution in [0.15, 0.2) is 30.3 Å². The van der Waals surface area contributed by atoms with Gasteiger partial charge in [-0.15, -0.1) is 0 Å². The Balaban J connectivity index is 2.42. The minimum absolute atomic E-state index is 0.110. The van der Waals surface area contributed by atoms with Crippen LogP contribution in [0.3, 0.4) is 0 Å². The highest BCUT2D eigenvalue weighted by atomic mass is 35.5. The monoisotopic (exact) mass is 274 g/mol. The summed E-state index contributed by atoms with van der Waals surface area (Å²) >= 11 is 5.59. The van der Waals surface area contributed by atoms with Crippen LogP contribution in [0.2, 0.25) is 6.04 Å². The Labute approximate surface area is 109 Å². The molecule has 0 bridgehead atoms. The summed E-state index contributed by atoms with van der Waals surface area (Å²) in [6.07, 6.45) is 1.96. The van der Waals surface area contributed by atoms with Gasteiger partial charge in [-0.2, -0.15) is 0 Å². The first-order valence-corrected chi connectivity index (χ1v) is 8.07. The van der Waals surface area contributed by atoms with Crippen LogP contribution in [0.5, 0.6) is 0 Å². The summed E-state index contributed by atoms with van der Waals surface area (Å²) in [4.78, 5) is 0. The van der Waals surface area contributed by atoms with Crippen LogP contribution in [0, 0.1) is 0 Å². The van der Waals surface area contributed by atoms with Crippen LogP contribution in [-0.4, -0.2) is 29.1 Å². The fraction of sp³-hybridized carbons (Fsp3) is 0.500. The largest absolute Gasteiger partial charge is 0.501 e. The van der Waals surface area contributed by atoms with Crippen molar-refractivity contribution in [3.8, 4) is 0 Å². The van der Waals surface area contributed by atoms with E-state index in [2.05, 4.69) is 12.1 Å². The van der Waals surface area contributed by atoms with Gasteiger partial charge >= 0.3 is 8.80 Å². The third kappa shape index (κ3) is 4.77. The third-order valence-electron chi connectivity index (χ3n) is 2.69. The molecule has 0 aliphatic carbocycles. The van der Waals surface area contributed by atoms with Crippen LogP contribution in [0.4, 0.5) is 0 Å². The zero-order chi connectivity index (χ0) is 12.6. The second kappa shape index (κ2) is 7.84. The molecule has 17 heavy (non-hydrogen) atoms. The first-order valence-electron chi connectivity index (χ1n) is 5.60. The molecule has 0 unspecified atom stereocenters. The van der Waals surface area contributed by atoms with E-state index < -0.39 is 8.80 Å². The van der Waals surface area contributed by atoms with Crippen molar-refractivity contribution in [3.63, 3.8) is 0 Å². The summed E-state index contributed by atoms with van der Waals surface area (Å²) in [5.41, 5.74) is 1.31. The molecule has 0 saturated carbocycles. The average molecular weight is 275 g/mol. The number of benzene rings is 1. The second-order valence-electron chi connectivity index (χ2n) is 3.68. The van der Waals surface area contributed by atoms with Gasteiger partial charge in [0.2, 0.25) is 0 Å². The quantitative estimate of drug-likeness (QED) is 0.539. The van der Waals surface area contributed by atoms with Gasteiger partial charge in [-0.3, -0.25) is 0 Å². The molecule has 0 N–H and O–H groups in total. The predicted octanol–water partition coefficient (Wildman–Crippen LogP) is 3.06. The van der Waals surface area contributed by atoms with Gasteiger partial charge in [-0.25, -0.2) is 0 Å². The lowest BCUT2D eigenvalue weighted by molar-refractivity contribution is 0.116. The van der Waals surface area contributed by atoms with Crippen LogP contribution >= 0.6 is 11.6 Å². The number of alkyl halides is 1. The molecule has 0 aromatic heterocycles. The summed E-state index contributed by atoms with van der Waals surface area (Å²) in [6.45, 7) is 0. The minimum atomic E-state index is -2.53. The maximum Gasteiger partial charge on any atom is 0.501 e. The van der Waals surface area contributed by atoms with Gasteiger partial charge in [0.05, 0.1) is 0 Å². The maximum atomic E-state index is 5.59. The number of hydrogen-bond donors (Lipinski definition) is 0. The van der Waals surface area contributed by atoms with Gasteiger partial charge in [-0.05, 0) is 18.4 Å². The van der Waals surface area contributed by atoms with E-state index in [1.807, 2.05) is 18.2 Å². The highest BCUT2D eigenvalue weighted by molar-refractivity contribution is 6.61. The van der Waals surface area contributed by atoms with Crippen molar-refractivity contribution in [3.05, 3.63) is 35.9 Å². The molecule has 96 valence electrons. The zero-order valence-electron chi connectivity index (χ0n) is 10.3. The minimum Gasteiger partial charge on any atom is -0.377 e. The summed E-state index contributed by atoms with van der Waals surface area (Å²) in [5, 5.41) is 0. The van der Waals surface area contributed by atoms with E-state index in [1.165, 1.54) is 5.56 Å². The molecule has 1 rings (SSSR count). The molecule has 0 amide bonds. The van der Waals surface area contributed by atoms with E-state index in [-0.39, 0.29) is 6.07 Å². The molecule has 0 fully saturated rings. The molecular weight excluding hydrogens is 256 g/mol. The van der Waals surface area contributed by atoms with Crippen molar-refractivity contribution in [1.82, 2.24) is 0 Å². The second-order valence-corrected chi connectivity index (χ2v) is 6.87. The topological polar surface area (TPSA) is 27.7 Å². The highest BCUT2D eigenvalue weighted by Crippen LogP contribution is 2.18. The average Bonchev–Trinajstić information content (AvgIpc) is 2.39. The van der Waals surface area contributed by atoms with Crippen LogP contribution in [0.1, 0.15) is 12.0 Å². The Bertz CT molecular complexity index is 304. The van der Waals surface area contributed by atoms with Crippen molar-refractivity contribution in [2.24, 2.45) is 0 Å². The molecule has 0 aliphatic rings. The van der Waals surface area contributed by atoms with Gasteiger partial charge in [0.25, 0.3) is 0 Å². The van der Waals surface area contributed by atoms with Crippen LogP contribution in [0.25, 0.3) is 0 Å². The first kappa shape index (κ1) is 14.7. The maximum absolute atomic E-state index is 5.59. The smallest absolute Gasteiger partial charge is 0.377 e. The molecule has 0 heterocycles. The standard InChI is InChI=1S/C12H19ClO3Si/c1-14-17(15-2,16-11-13)10-6-9-12-7-4-3-5-8-12/h3-5,7-8H,6,9-11H2,1-2H3. The van der Waals surface area contributed by atoms with E-state index in [0.717, 1.165) is 18.9 Å². The van der Waals surface area contributed by atoms with Gasteiger partial charge in [-0.1, -0.05) is 41.9 Å². The predicted molar refractivity (Wildman–Crippen MR) is 71.1 cm³/mol. The van der Waals surface area contributed by atoms with Crippen molar-refractivity contribution < 1.29 is 13.3 Å². The van der Waals surface area contributed by atoms with Crippen LogP contribution < -0.4 is 0 Å². The molecule has 0 atom stereocenters. The molecule has 3 nitrogen and oxygen atoms in total. The van der Waals surface area contributed by atoms with Gasteiger partial charge < -0.3 is 13.3 Å². The summed E-state index contributed by atoms with van der Waals surface area (Å²) in [6, 6.07) is 11.2. The normalized spacial score (nSPS) is 11.7. The molecule has 1 aromatic rings. The van der Waals surface area contributed by atoms with Gasteiger partial charge in [0, 0.05) is 20.3 Å². The summed E-state index contributed by atoms with van der Waals surface area (Å²) in [7, 11) is 0.702. The zero-order valence-corrected chi connectivity index (χ0v) is 12.1. The number of hydrogen-bond acceptors (Lipinski definition) is 3. The lowest BCUT2D eigenvalue weighted by Crippen LogP contribution is -2.43. The van der Waals surface area contributed by atoms with Gasteiger partial charge in [0.15, 0.2) is 0 Å². The number of rotatable bonds is 8. The molecule has 0 spiro atoms. The Hall–Kier alpha value is -0.393. The molecule has 0 saturated heterocycles. The Morgan fingerprint density at radius 3 is 2.29 bits per heavy atom. The van der Waals surface area contributed by atoms with E-state index in [4.69, 9.17) is 24.9 Å². The van der Waals surface area contributed by atoms with E-state index in [1.54, 1.807) is 14.2 Å². The van der Waals surface area contributed by atoms with Crippen molar-refractivity contribution in [1.29, 1.82) is 0 Å². The fourth-order valence-electron chi connectivity index (χ4n) is 1.71. The fourth-order valence-corrected chi connectivity index (χ4v) is 3.94. The molecule has 5 heteroatoms. The Morgan fingerprint density at radius 2 is 1.76 bits per heavy atom. The first-order chi connectivity index (χ1) is 8.26. The van der Waals surface area contributed by atoms with Gasteiger partial charge in [0.1, 0.15) is 6.07 Å². The van der Waals surface area contributed by atoms with E-state index in [9.17, 15) is 0 Å². The van der Waals surface area contributed by atoms with Crippen molar-refractivity contribution in [2.75, 3.05) is 20.3 Å². The number of aryl methyl sites for hydroxylation is 1. The highest BCUT2D eigenvalue weighted by Gasteiger charge is 2.38. The molecule has 0 aliphatic heterocycles. The molecular formula is C12H19ClO3Si. The van der Waals surface area contributed by atoms with E-state index in [0.29, 0.717) is 0 Å². The number of halogens is 1. The SMILES string of the molecule is CO[Si](CCCc1ccccc1)(OC)OCCl. The third-order valence-corrected chi connectivity index (χ3v) is 5.77. The molecule has 0 radical (unpaired) electrons. The summed E-state index contributed by atoms with van der Waals surface area (Å²) < 4.78 is 16.2. The Kier molecular flexibility index (Phi) is 6.77. The molecule has 1 aromatic carbocycles. The van der Waals surface area contributed by atoms with Crippen molar-refractivity contribution in [2.45, 2.75) is 18.9 Å². The summed E-state index contributed by atoms with van der Waals surface area (Å²) in [5.74, 6) is 0. The Morgan fingerprint density at radius 1 is 1.12 bits per heavy atom. The lowest BCUT2D eigenvalue weighted by atomic mass is 10.1. The van der Waals surface area contributed by atoms with E-state index >= 15 is 0 Å². The lowest BCUT2D eigenvalue weighted by Gasteiger charge is -2.25. The van der Waals surface area contributed by atoms with Crippen LogP contribution in [-0.2, 0) is 19.7 Å². The van der Waals surface area contributed by atoms with Crippen molar-refractivity contribution >= 4 is 20.4 Å².